The van der Waals surface area contributed by atoms with E-state index in [0.29, 0.717) is 5.82 Å². The van der Waals surface area contributed by atoms with Crippen LogP contribution in [0.1, 0.15) is 5.56 Å². The maximum absolute atomic E-state index is 5.82. The molecule has 3 rings (SSSR count). The molecular formula is C13H12ClN5. The Bertz CT molecular complexity index is 737. The predicted molar refractivity (Wildman–Crippen MR) is 75.9 cm³/mol. The van der Waals surface area contributed by atoms with E-state index in [1.807, 2.05) is 37.1 Å². The van der Waals surface area contributed by atoms with Crippen LogP contribution < -0.4 is 4.90 Å². The molecule has 0 saturated carbocycles. The van der Waals surface area contributed by atoms with Gasteiger partial charge in [-0.1, -0.05) is 12.1 Å². The fraction of sp³-hybridized carbons (Fsp3) is 0.154. The summed E-state index contributed by atoms with van der Waals surface area (Å²) in [6, 6.07) is 7.88. The van der Waals surface area contributed by atoms with Gasteiger partial charge in [0, 0.05) is 18.6 Å². The molecule has 0 bridgehead atoms. The van der Waals surface area contributed by atoms with Gasteiger partial charge in [-0.05, 0) is 36.2 Å². The summed E-state index contributed by atoms with van der Waals surface area (Å²) in [4.78, 5) is 9.94. The highest BCUT2D eigenvalue weighted by Crippen LogP contribution is 2.29. The van der Waals surface area contributed by atoms with Gasteiger partial charge >= 0.3 is 0 Å². The predicted octanol–water partition coefficient (Wildman–Crippen LogP) is 3.08. The number of H-pyrrole nitrogens is 1. The SMILES string of the molecule is Cc1cccc2c(N(C)c3ccnc(Cl)n3)n[nH]c12. The number of hydrogen-bond acceptors (Lipinski definition) is 4. The Morgan fingerprint density at radius 3 is 2.89 bits per heavy atom. The Hall–Kier alpha value is -2.14. The summed E-state index contributed by atoms with van der Waals surface area (Å²) in [6.07, 6.45) is 1.63. The molecule has 0 saturated heterocycles. The number of fused-ring (bicyclic) bond motifs is 1. The zero-order valence-electron chi connectivity index (χ0n) is 10.6. The monoisotopic (exact) mass is 273 g/mol. The van der Waals surface area contributed by atoms with Crippen molar-refractivity contribution < 1.29 is 0 Å². The maximum Gasteiger partial charge on any atom is 0.224 e. The number of rotatable bonds is 2. The number of anilines is 2. The van der Waals surface area contributed by atoms with E-state index in [0.717, 1.165) is 22.3 Å². The molecule has 3 aromatic rings. The number of nitrogens with one attached hydrogen (secondary N) is 1. The minimum absolute atomic E-state index is 0.223. The van der Waals surface area contributed by atoms with Crippen LogP contribution in [0.5, 0.6) is 0 Å². The molecule has 19 heavy (non-hydrogen) atoms. The van der Waals surface area contributed by atoms with Crippen molar-refractivity contribution >= 4 is 34.1 Å². The second-order valence-electron chi connectivity index (χ2n) is 4.29. The van der Waals surface area contributed by atoms with Gasteiger partial charge in [0.25, 0.3) is 0 Å². The minimum atomic E-state index is 0.223. The molecule has 2 heterocycles. The van der Waals surface area contributed by atoms with Gasteiger partial charge in [0.05, 0.1) is 5.52 Å². The Kier molecular flexibility index (Phi) is 2.83. The standard InChI is InChI=1S/C13H12ClN5/c1-8-4-3-5-9-11(8)17-18-12(9)19(2)10-6-7-15-13(14)16-10/h3-7H,1-2H3,(H,17,18). The van der Waals surface area contributed by atoms with E-state index in [-0.39, 0.29) is 5.28 Å². The topological polar surface area (TPSA) is 57.7 Å². The Morgan fingerprint density at radius 2 is 2.11 bits per heavy atom. The highest BCUT2D eigenvalue weighted by molar-refractivity contribution is 6.28. The lowest BCUT2D eigenvalue weighted by Gasteiger charge is -2.15. The Balaban J connectivity index is 2.12. The second kappa shape index (κ2) is 4.51. The van der Waals surface area contributed by atoms with E-state index >= 15 is 0 Å². The van der Waals surface area contributed by atoms with Crippen LogP contribution in [0, 0.1) is 6.92 Å². The summed E-state index contributed by atoms with van der Waals surface area (Å²) in [7, 11) is 1.90. The zero-order valence-corrected chi connectivity index (χ0v) is 11.3. The molecule has 0 aliphatic carbocycles. The average molecular weight is 274 g/mol. The molecule has 0 aliphatic heterocycles. The lowest BCUT2D eigenvalue weighted by atomic mass is 10.1. The quantitative estimate of drug-likeness (QED) is 0.729. The zero-order chi connectivity index (χ0) is 13.4. The van der Waals surface area contributed by atoms with Crippen LogP contribution >= 0.6 is 11.6 Å². The van der Waals surface area contributed by atoms with Crippen molar-refractivity contribution in [2.75, 3.05) is 11.9 Å². The second-order valence-corrected chi connectivity index (χ2v) is 4.63. The van der Waals surface area contributed by atoms with E-state index in [2.05, 4.69) is 20.2 Å². The molecule has 0 radical (unpaired) electrons. The number of aryl methyl sites for hydroxylation is 1. The molecule has 0 amide bonds. The van der Waals surface area contributed by atoms with Gasteiger partial charge in [0.1, 0.15) is 5.82 Å². The first-order valence-corrected chi connectivity index (χ1v) is 6.20. The number of para-hydroxylation sites is 1. The van der Waals surface area contributed by atoms with Crippen molar-refractivity contribution in [1.29, 1.82) is 0 Å². The molecular weight excluding hydrogens is 262 g/mol. The number of aromatic amines is 1. The lowest BCUT2D eigenvalue weighted by molar-refractivity contribution is 1.02. The van der Waals surface area contributed by atoms with Crippen molar-refractivity contribution in [3.8, 4) is 0 Å². The first-order chi connectivity index (χ1) is 9.16. The molecule has 6 heteroatoms. The highest BCUT2D eigenvalue weighted by atomic mass is 35.5. The fourth-order valence-corrected chi connectivity index (χ4v) is 2.19. The van der Waals surface area contributed by atoms with Crippen LogP contribution in [-0.4, -0.2) is 27.2 Å². The maximum atomic E-state index is 5.82. The summed E-state index contributed by atoms with van der Waals surface area (Å²) < 4.78 is 0. The number of halogens is 1. The van der Waals surface area contributed by atoms with Gasteiger partial charge in [-0.25, -0.2) is 9.97 Å². The van der Waals surface area contributed by atoms with E-state index in [4.69, 9.17) is 11.6 Å². The summed E-state index contributed by atoms with van der Waals surface area (Å²) in [6.45, 7) is 2.05. The molecule has 5 nitrogen and oxygen atoms in total. The van der Waals surface area contributed by atoms with E-state index in [1.54, 1.807) is 12.3 Å². The van der Waals surface area contributed by atoms with Crippen LogP contribution in [0.4, 0.5) is 11.6 Å². The van der Waals surface area contributed by atoms with E-state index < -0.39 is 0 Å². The van der Waals surface area contributed by atoms with Gasteiger partial charge in [0.2, 0.25) is 5.28 Å². The molecule has 0 atom stereocenters. The van der Waals surface area contributed by atoms with Crippen LogP contribution in [0.25, 0.3) is 10.9 Å². The Morgan fingerprint density at radius 1 is 1.26 bits per heavy atom. The van der Waals surface area contributed by atoms with Gasteiger partial charge in [-0.2, -0.15) is 5.10 Å². The van der Waals surface area contributed by atoms with Crippen molar-refractivity contribution in [2.45, 2.75) is 6.92 Å². The first-order valence-electron chi connectivity index (χ1n) is 5.83. The normalized spacial score (nSPS) is 10.9. The van der Waals surface area contributed by atoms with Crippen molar-refractivity contribution in [3.63, 3.8) is 0 Å². The first kappa shape index (κ1) is 11.9. The van der Waals surface area contributed by atoms with Crippen LogP contribution in [0.3, 0.4) is 0 Å². The van der Waals surface area contributed by atoms with Crippen molar-refractivity contribution in [3.05, 3.63) is 41.3 Å². The average Bonchev–Trinajstić information content (AvgIpc) is 2.83. The van der Waals surface area contributed by atoms with Gasteiger partial charge in [-0.15, -0.1) is 0 Å². The molecule has 0 aliphatic rings. The third kappa shape index (κ3) is 2.02. The number of aromatic nitrogens is 4. The molecule has 1 aromatic carbocycles. The van der Waals surface area contributed by atoms with Gasteiger partial charge < -0.3 is 4.90 Å². The molecule has 0 spiro atoms. The van der Waals surface area contributed by atoms with Gasteiger partial charge in [-0.3, -0.25) is 5.10 Å². The number of hydrogen-bond donors (Lipinski definition) is 1. The smallest absolute Gasteiger partial charge is 0.224 e. The number of benzene rings is 1. The van der Waals surface area contributed by atoms with Crippen LogP contribution in [0.15, 0.2) is 30.5 Å². The molecule has 0 unspecified atom stereocenters. The fourth-order valence-electron chi connectivity index (χ4n) is 2.05. The summed E-state index contributed by atoms with van der Waals surface area (Å²) in [5, 5.41) is 8.69. The minimum Gasteiger partial charge on any atom is -0.312 e. The van der Waals surface area contributed by atoms with Crippen LogP contribution in [-0.2, 0) is 0 Å². The molecule has 2 aromatic heterocycles. The van der Waals surface area contributed by atoms with Crippen molar-refractivity contribution in [1.82, 2.24) is 20.2 Å². The van der Waals surface area contributed by atoms with Crippen molar-refractivity contribution in [2.24, 2.45) is 0 Å². The lowest BCUT2D eigenvalue weighted by Crippen LogP contribution is -2.12. The summed E-state index contributed by atoms with van der Waals surface area (Å²) in [5.41, 5.74) is 2.19. The third-order valence-electron chi connectivity index (χ3n) is 3.06. The molecule has 96 valence electrons. The third-order valence-corrected chi connectivity index (χ3v) is 3.24. The van der Waals surface area contributed by atoms with Gasteiger partial charge in [0.15, 0.2) is 5.82 Å². The summed E-state index contributed by atoms with van der Waals surface area (Å²) >= 11 is 5.82. The molecule has 1 N–H and O–H groups in total. The molecule has 0 fully saturated rings. The van der Waals surface area contributed by atoms with E-state index in [9.17, 15) is 0 Å². The number of nitrogens with zero attached hydrogens (tertiary/aromatic N) is 4. The summed E-state index contributed by atoms with van der Waals surface area (Å²) in [5.74, 6) is 1.52. The Labute approximate surface area is 115 Å². The van der Waals surface area contributed by atoms with Crippen LogP contribution in [0.2, 0.25) is 5.28 Å². The highest BCUT2D eigenvalue weighted by Gasteiger charge is 2.14. The van der Waals surface area contributed by atoms with E-state index in [1.165, 1.54) is 0 Å². The largest absolute Gasteiger partial charge is 0.312 e.